The van der Waals surface area contributed by atoms with Gasteiger partial charge >= 0.3 is 12.0 Å². The van der Waals surface area contributed by atoms with Gasteiger partial charge in [0.1, 0.15) is 18.1 Å². The molecule has 2 N–H and O–H groups in total. The number of imide groups is 1. The molecular formula is C32H28N4O5. The van der Waals surface area contributed by atoms with E-state index in [4.69, 9.17) is 0 Å². The molecule has 2 fully saturated rings. The smallest absolute Gasteiger partial charge is 0.332 e. The van der Waals surface area contributed by atoms with Gasteiger partial charge in [0, 0.05) is 29.6 Å². The number of carboxylic acids is 1. The lowest BCUT2D eigenvalue weighted by Gasteiger charge is -2.36. The van der Waals surface area contributed by atoms with Crippen LogP contribution in [0.2, 0.25) is 0 Å². The fourth-order valence-corrected chi connectivity index (χ4v) is 6.66. The third-order valence-corrected chi connectivity index (χ3v) is 8.62. The molecule has 0 unspecified atom stereocenters. The maximum absolute atomic E-state index is 14.3. The summed E-state index contributed by atoms with van der Waals surface area (Å²) in [6.45, 7) is 2.30. The van der Waals surface area contributed by atoms with Gasteiger partial charge < -0.3 is 15.0 Å². The number of carboxylic acid groups (broad SMARTS) is 1. The highest BCUT2D eigenvalue weighted by atomic mass is 16.4. The average molecular weight is 549 g/mol. The van der Waals surface area contributed by atoms with Crippen molar-refractivity contribution in [1.29, 1.82) is 0 Å². The Morgan fingerprint density at radius 1 is 0.951 bits per heavy atom. The number of fused-ring (bicyclic) bond motifs is 4. The third-order valence-electron chi connectivity index (χ3n) is 8.62. The number of anilines is 1. The van der Waals surface area contributed by atoms with Gasteiger partial charge in [-0.2, -0.15) is 0 Å². The molecule has 3 atom stereocenters. The van der Waals surface area contributed by atoms with Gasteiger partial charge in [-0.3, -0.25) is 14.5 Å². The standard InChI is InChI=1S/C32H28N4O5/c1-18-12-14-19(15-13-18)28-27-22(20-7-2-4-9-23(20)33-27)17-26-30(38)36(32(41)35(26)28)24-10-5-3-8-21(24)29(37)34-16-6-11-25(34)31(39)40/h2-5,7-10,12-15,25-26,28,33H,6,11,16-17H2,1H3,(H,39,40)/t25-,26+,28-/m1/s1. The second-order valence-electron chi connectivity index (χ2n) is 11.0. The van der Waals surface area contributed by atoms with Crippen molar-refractivity contribution in [3.05, 3.63) is 101 Å². The molecule has 3 aliphatic rings. The molecular weight excluding hydrogens is 520 g/mol. The predicted octanol–water partition coefficient (Wildman–Crippen LogP) is 4.65. The van der Waals surface area contributed by atoms with Crippen molar-refractivity contribution in [3.63, 3.8) is 0 Å². The van der Waals surface area contributed by atoms with E-state index in [1.54, 1.807) is 29.2 Å². The fraction of sp³-hybridized carbons (Fsp3) is 0.250. The summed E-state index contributed by atoms with van der Waals surface area (Å²) in [5.74, 6) is -1.96. The number of carbonyl (C=O) groups is 4. The molecule has 4 heterocycles. The average Bonchev–Trinajstić information content (AvgIpc) is 3.67. The number of carbonyl (C=O) groups excluding carboxylic acids is 3. The summed E-state index contributed by atoms with van der Waals surface area (Å²) in [7, 11) is 0. The molecule has 3 aliphatic heterocycles. The summed E-state index contributed by atoms with van der Waals surface area (Å²) >= 11 is 0. The summed E-state index contributed by atoms with van der Waals surface area (Å²) in [4.78, 5) is 61.5. The van der Waals surface area contributed by atoms with Gasteiger partial charge in [-0.1, -0.05) is 60.2 Å². The van der Waals surface area contributed by atoms with E-state index in [2.05, 4.69) is 4.98 Å². The number of hydrogen-bond acceptors (Lipinski definition) is 4. The number of nitrogens with one attached hydrogen (secondary N) is 1. The minimum absolute atomic E-state index is 0.137. The van der Waals surface area contributed by atoms with Crippen molar-refractivity contribution < 1.29 is 24.3 Å². The van der Waals surface area contributed by atoms with E-state index >= 15 is 0 Å². The van der Waals surface area contributed by atoms with Crippen molar-refractivity contribution in [2.24, 2.45) is 0 Å². The number of amides is 4. The minimum atomic E-state index is -1.06. The first-order chi connectivity index (χ1) is 19.8. The van der Waals surface area contributed by atoms with E-state index < -0.39 is 41.9 Å². The van der Waals surface area contributed by atoms with Crippen LogP contribution in [0.15, 0.2) is 72.8 Å². The van der Waals surface area contributed by atoms with Gasteiger partial charge in [0.25, 0.3) is 11.8 Å². The number of para-hydroxylation sites is 2. The van der Waals surface area contributed by atoms with Crippen molar-refractivity contribution in [3.8, 4) is 0 Å². The predicted molar refractivity (Wildman–Crippen MR) is 152 cm³/mol. The van der Waals surface area contributed by atoms with Crippen LogP contribution in [0.3, 0.4) is 0 Å². The lowest BCUT2D eigenvalue weighted by Crippen LogP contribution is -2.44. The maximum atomic E-state index is 14.3. The van der Waals surface area contributed by atoms with Crippen molar-refractivity contribution in [1.82, 2.24) is 14.8 Å². The van der Waals surface area contributed by atoms with Crippen LogP contribution >= 0.6 is 0 Å². The molecule has 3 aromatic carbocycles. The normalized spacial score (nSPS) is 21.9. The van der Waals surface area contributed by atoms with Gasteiger partial charge in [-0.15, -0.1) is 0 Å². The zero-order chi connectivity index (χ0) is 28.4. The van der Waals surface area contributed by atoms with Gasteiger partial charge in [0.2, 0.25) is 0 Å². The van der Waals surface area contributed by atoms with Crippen LogP contribution in [-0.2, 0) is 16.0 Å². The van der Waals surface area contributed by atoms with Crippen LogP contribution in [0.1, 0.15) is 51.6 Å². The summed E-state index contributed by atoms with van der Waals surface area (Å²) in [6.07, 6.45) is 1.28. The quantitative estimate of drug-likeness (QED) is 0.361. The topological polar surface area (TPSA) is 114 Å². The van der Waals surface area contributed by atoms with Crippen LogP contribution in [0, 0.1) is 6.92 Å². The molecule has 0 radical (unpaired) electrons. The maximum Gasteiger partial charge on any atom is 0.332 e. The van der Waals surface area contributed by atoms with Gasteiger partial charge in [0.15, 0.2) is 0 Å². The van der Waals surface area contributed by atoms with Gasteiger partial charge in [0.05, 0.1) is 11.3 Å². The Bertz CT molecular complexity index is 1740. The zero-order valence-corrected chi connectivity index (χ0v) is 22.4. The third kappa shape index (κ3) is 3.76. The zero-order valence-electron chi connectivity index (χ0n) is 22.4. The second kappa shape index (κ2) is 9.33. The second-order valence-corrected chi connectivity index (χ2v) is 11.0. The van der Waals surface area contributed by atoms with E-state index in [1.807, 2.05) is 55.5 Å². The summed E-state index contributed by atoms with van der Waals surface area (Å²) in [6, 6.07) is 19.6. The number of aromatic nitrogens is 1. The van der Waals surface area contributed by atoms with E-state index in [9.17, 15) is 24.3 Å². The first-order valence-electron chi connectivity index (χ1n) is 13.8. The van der Waals surface area contributed by atoms with Crippen LogP contribution in [0.5, 0.6) is 0 Å². The number of aryl methyl sites for hydroxylation is 1. The Kier molecular flexibility index (Phi) is 5.71. The minimum Gasteiger partial charge on any atom is -0.480 e. The Labute approximate surface area is 236 Å². The van der Waals surface area contributed by atoms with E-state index in [0.29, 0.717) is 25.8 Å². The SMILES string of the molecule is Cc1ccc([C@@H]2c3[nH]c4ccccc4c3C[C@H]3C(=O)N(c4ccccc4C(=O)N4CCC[C@@H]4C(=O)O)C(=O)N23)cc1. The Morgan fingerprint density at radius 3 is 2.46 bits per heavy atom. The molecule has 7 rings (SSSR count). The summed E-state index contributed by atoms with van der Waals surface area (Å²) in [5, 5.41) is 10.7. The number of aromatic amines is 1. The Balaban J connectivity index is 1.34. The van der Waals surface area contributed by atoms with E-state index in [0.717, 1.165) is 38.2 Å². The number of rotatable bonds is 4. The number of aliphatic carboxylic acids is 1. The summed E-state index contributed by atoms with van der Waals surface area (Å²) < 4.78 is 0. The largest absolute Gasteiger partial charge is 0.480 e. The molecule has 9 nitrogen and oxygen atoms in total. The monoisotopic (exact) mass is 548 g/mol. The first-order valence-corrected chi connectivity index (χ1v) is 13.8. The highest BCUT2D eigenvalue weighted by molar-refractivity contribution is 6.24. The lowest BCUT2D eigenvalue weighted by molar-refractivity contribution is -0.141. The lowest BCUT2D eigenvalue weighted by atomic mass is 9.88. The number of urea groups is 1. The molecule has 0 spiro atoms. The molecule has 2 saturated heterocycles. The number of nitrogens with zero attached hydrogens (tertiary/aromatic N) is 3. The molecule has 0 bridgehead atoms. The molecule has 4 amide bonds. The molecule has 4 aromatic rings. The molecule has 1 aromatic heterocycles. The number of likely N-dealkylation sites (tertiary alicyclic amines) is 1. The van der Waals surface area contributed by atoms with Crippen LogP contribution in [0.4, 0.5) is 10.5 Å². The highest BCUT2D eigenvalue weighted by Gasteiger charge is 2.53. The molecule has 0 saturated carbocycles. The number of benzene rings is 3. The Morgan fingerprint density at radius 2 is 1.68 bits per heavy atom. The van der Waals surface area contributed by atoms with E-state index in [1.165, 1.54) is 4.90 Å². The van der Waals surface area contributed by atoms with Gasteiger partial charge in [-0.25, -0.2) is 14.5 Å². The summed E-state index contributed by atoms with van der Waals surface area (Å²) in [5.41, 5.74) is 5.09. The highest BCUT2D eigenvalue weighted by Crippen LogP contribution is 2.45. The number of H-pyrrole nitrogens is 1. The molecule has 0 aliphatic carbocycles. The van der Waals surface area contributed by atoms with Crippen molar-refractivity contribution >= 4 is 40.4 Å². The van der Waals surface area contributed by atoms with Crippen LogP contribution < -0.4 is 4.90 Å². The molecule has 206 valence electrons. The number of hydrogen-bond donors (Lipinski definition) is 2. The molecule has 41 heavy (non-hydrogen) atoms. The molecule has 9 heteroatoms. The van der Waals surface area contributed by atoms with E-state index in [-0.39, 0.29) is 11.3 Å². The van der Waals surface area contributed by atoms with Gasteiger partial charge in [-0.05, 0) is 49.1 Å². The Hall–Kier alpha value is -4.92. The van der Waals surface area contributed by atoms with Crippen LogP contribution in [-0.4, -0.2) is 62.3 Å². The fourth-order valence-electron chi connectivity index (χ4n) is 6.66. The first kappa shape index (κ1) is 25.1. The van der Waals surface area contributed by atoms with Crippen molar-refractivity contribution in [2.45, 2.75) is 44.3 Å². The van der Waals surface area contributed by atoms with Crippen molar-refractivity contribution in [2.75, 3.05) is 11.4 Å². The van der Waals surface area contributed by atoms with Crippen LogP contribution in [0.25, 0.3) is 10.9 Å².